The summed E-state index contributed by atoms with van der Waals surface area (Å²) in [7, 11) is 0. The number of hydrogen-bond acceptors (Lipinski definition) is 2. The third-order valence-electron chi connectivity index (χ3n) is 2.22. The van der Waals surface area contributed by atoms with E-state index in [1.54, 1.807) is 12.1 Å². The van der Waals surface area contributed by atoms with Crippen molar-refractivity contribution < 1.29 is 4.79 Å². The van der Waals surface area contributed by atoms with Gasteiger partial charge < -0.3 is 5.32 Å². The molecule has 0 aliphatic rings. The molecule has 0 aromatic heterocycles. The summed E-state index contributed by atoms with van der Waals surface area (Å²) in [5.41, 5.74) is 0.878. The van der Waals surface area contributed by atoms with Crippen LogP contribution in [0.25, 0.3) is 0 Å². The van der Waals surface area contributed by atoms with Gasteiger partial charge in [-0.15, -0.1) is 0 Å². The first kappa shape index (κ1) is 13.7. The topological polar surface area (TPSA) is 29.1 Å². The van der Waals surface area contributed by atoms with E-state index in [1.807, 2.05) is 13.0 Å². The van der Waals surface area contributed by atoms with Gasteiger partial charge >= 0.3 is 0 Å². The second kappa shape index (κ2) is 6.38. The molecule has 88 valence electrons. The van der Waals surface area contributed by atoms with Gasteiger partial charge in [-0.1, -0.05) is 36.2 Å². The molecular formula is C11H13Cl2NOS. The highest BCUT2D eigenvalue weighted by Crippen LogP contribution is 2.27. The first-order chi connectivity index (χ1) is 7.58. The van der Waals surface area contributed by atoms with Gasteiger partial charge in [-0.2, -0.15) is 12.6 Å². The van der Waals surface area contributed by atoms with Crippen LogP contribution >= 0.6 is 35.8 Å². The summed E-state index contributed by atoms with van der Waals surface area (Å²) in [6, 6.07) is 5.17. The van der Waals surface area contributed by atoms with E-state index < -0.39 is 0 Å². The lowest BCUT2D eigenvalue weighted by Gasteiger charge is -2.18. The van der Waals surface area contributed by atoms with E-state index in [0.717, 1.165) is 12.0 Å². The van der Waals surface area contributed by atoms with E-state index in [4.69, 9.17) is 23.2 Å². The molecule has 0 saturated carbocycles. The van der Waals surface area contributed by atoms with Crippen molar-refractivity contribution in [3.05, 3.63) is 33.8 Å². The molecule has 0 aliphatic heterocycles. The zero-order valence-corrected chi connectivity index (χ0v) is 11.2. The second-order valence-electron chi connectivity index (χ2n) is 3.35. The molecule has 1 aromatic carbocycles. The number of halogens is 2. The number of benzene rings is 1. The summed E-state index contributed by atoms with van der Waals surface area (Å²) >= 11 is 15.8. The number of carbonyl (C=O) groups excluding carboxylic acids is 1. The van der Waals surface area contributed by atoms with Crippen molar-refractivity contribution >= 4 is 41.7 Å². The molecule has 1 atom stereocenters. The van der Waals surface area contributed by atoms with Crippen molar-refractivity contribution in [2.24, 2.45) is 0 Å². The highest BCUT2D eigenvalue weighted by molar-refractivity contribution is 7.81. The first-order valence-corrected chi connectivity index (χ1v) is 6.32. The lowest BCUT2D eigenvalue weighted by Crippen LogP contribution is -2.29. The van der Waals surface area contributed by atoms with E-state index in [-0.39, 0.29) is 17.7 Å². The Morgan fingerprint density at radius 2 is 2.19 bits per heavy atom. The van der Waals surface area contributed by atoms with E-state index in [9.17, 15) is 4.79 Å². The summed E-state index contributed by atoms with van der Waals surface area (Å²) in [6.07, 6.45) is 0.765. The maximum Gasteiger partial charge on any atom is 0.230 e. The monoisotopic (exact) mass is 277 g/mol. The van der Waals surface area contributed by atoms with Crippen LogP contribution in [0, 0.1) is 0 Å². The van der Waals surface area contributed by atoms with Crippen molar-refractivity contribution in [3.63, 3.8) is 0 Å². The molecule has 0 aliphatic carbocycles. The zero-order chi connectivity index (χ0) is 12.1. The Balaban J connectivity index is 2.90. The molecule has 0 bridgehead atoms. The van der Waals surface area contributed by atoms with Crippen LogP contribution in [0.15, 0.2) is 18.2 Å². The minimum Gasteiger partial charge on any atom is -0.349 e. The number of amides is 1. The molecule has 1 amide bonds. The Bertz CT molecular complexity index is 384. The molecule has 0 radical (unpaired) electrons. The third-order valence-corrected chi connectivity index (χ3v) is 3.07. The summed E-state index contributed by atoms with van der Waals surface area (Å²) in [4.78, 5) is 11.3. The number of nitrogens with one attached hydrogen (secondary N) is 1. The third kappa shape index (κ3) is 3.58. The fraction of sp³-hybridized carbons (Fsp3) is 0.364. The van der Waals surface area contributed by atoms with Gasteiger partial charge in [0.1, 0.15) is 0 Å². The van der Waals surface area contributed by atoms with E-state index >= 15 is 0 Å². The summed E-state index contributed by atoms with van der Waals surface area (Å²) < 4.78 is 0. The lowest BCUT2D eigenvalue weighted by atomic mass is 10.0. The standard InChI is InChI=1S/C11H13Cl2NOS/c1-2-10(14-11(15)6-16)8-4-3-7(12)5-9(8)13/h3-5,10,16H,2,6H2,1H3,(H,14,15). The van der Waals surface area contributed by atoms with Gasteiger partial charge in [0.05, 0.1) is 11.8 Å². The first-order valence-electron chi connectivity index (χ1n) is 4.93. The maximum atomic E-state index is 11.3. The van der Waals surface area contributed by atoms with Gasteiger partial charge in [0.2, 0.25) is 5.91 Å². The van der Waals surface area contributed by atoms with Crippen LogP contribution in [-0.2, 0) is 4.79 Å². The van der Waals surface area contributed by atoms with Crippen molar-refractivity contribution in [1.29, 1.82) is 0 Å². The summed E-state index contributed by atoms with van der Waals surface area (Å²) in [6.45, 7) is 1.98. The highest BCUT2D eigenvalue weighted by Gasteiger charge is 2.14. The van der Waals surface area contributed by atoms with Gasteiger partial charge in [-0.25, -0.2) is 0 Å². The van der Waals surface area contributed by atoms with Crippen LogP contribution in [0.3, 0.4) is 0 Å². The Kier molecular flexibility index (Phi) is 5.46. The second-order valence-corrected chi connectivity index (χ2v) is 4.51. The van der Waals surface area contributed by atoms with Gasteiger partial charge in [0.25, 0.3) is 0 Å². The van der Waals surface area contributed by atoms with Crippen LogP contribution in [0.1, 0.15) is 24.9 Å². The van der Waals surface area contributed by atoms with Crippen LogP contribution in [0.2, 0.25) is 10.0 Å². The molecule has 1 aromatic rings. The minimum atomic E-state index is -0.110. The predicted octanol–water partition coefficient (Wildman–Crippen LogP) is 3.49. The Hall–Kier alpha value is -0.380. The van der Waals surface area contributed by atoms with Crippen LogP contribution < -0.4 is 5.32 Å². The molecule has 1 unspecified atom stereocenters. The molecule has 5 heteroatoms. The Labute approximate surface area is 111 Å². The molecule has 0 fully saturated rings. The van der Waals surface area contributed by atoms with Gasteiger partial charge in [-0.05, 0) is 24.1 Å². The van der Waals surface area contributed by atoms with E-state index in [2.05, 4.69) is 17.9 Å². The predicted molar refractivity (Wildman–Crippen MR) is 71.5 cm³/mol. The highest BCUT2D eigenvalue weighted by atomic mass is 35.5. The van der Waals surface area contributed by atoms with Gasteiger partial charge in [0, 0.05) is 10.0 Å². The quantitative estimate of drug-likeness (QED) is 0.811. The van der Waals surface area contributed by atoms with Crippen molar-refractivity contribution in [2.75, 3.05) is 5.75 Å². The maximum absolute atomic E-state index is 11.3. The Morgan fingerprint density at radius 1 is 1.50 bits per heavy atom. The average molecular weight is 278 g/mol. The summed E-state index contributed by atoms with van der Waals surface area (Å²) in [5, 5.41) is 4.01. The molecule has 16 heavy (non-hydrogen) atoms. The normalized spacial score (nSPS) is 12.2. The number of rotatable bonds is 4. The number of thiol groups is 1. The van der Waals surface area contributed by atoms with Crippen molar-refractivity contribution in [2.45, 2.75) is 19.4 Å². The molecule has 1 rings (SSSR count). The van der Waals surface area contributed by atoms with Crippen LogP contribution in [0.5, 0.6) is 0 Å². The zero-order valence-electron chi connectivity index (χ0n) is 8.84. The fourth-order valence-corrected chi connectivity index (χ4v) is 2.06. The van der Waals surface area contributed by atoms with E-state index in [1.165, 1.54) is 0 Å². The van der Waals surface area contributed by atoms with Gasteiger partial charge in [0.15, 0.2) is 0 Å². The smallest absolute Gasteiger partial charge is 0.230 e. The molecule has 0 heterocycles. The molecule has 2 nitrogen and oxygen atoms in total. The number of hydrogen-bond donors (Lipinski definition) is 2. The van der Waals surface area contributed by atoms with Crippen LogP contribution in [0.4, 0.5) is 0 Å². The summed E-state index contributed by atoms with van der Waals surface area (Å²) in [5.74, 6) is 0.0584. The number of carbonyl (C=O) groups is 1. The minimum absolute atomic E-state index is 0.0931. The molecule has 0 saturated heterocycles. The van der Waals surface area contributed by atoms with Crippen LogP contribution in [-0.4, -0.2) is 11.7 Å². The lowest BCUT2D eigenvalue weighted by molar-refractivity contribution is -0.119. The largest absolute Gasteiger partial charge is 0.349 e. The molecule has 0 spiro atoms. The van der Waals surface area contributed by atoms with E-state index in [0.29, 0.717) is 10.0 Å². The fourth-order valence-electron chi connectivity index (χ4n) is 1.42. The van der Waals surface area contributed by atoms with Crippen molar-refractivity contribution in [1.82, 2.24) is 5.32 Å². The Morgan fingerprint density at radius 3 is 2.69 bits per heavy atom. The van der Waals surface area contributed by atoms with Crippen molar-refractivity contribution in [3.8, 4) is 0 Å². The SMILES string of the molecule is CCC(NC(=O)CS)c1ccc(Cl)cc1Cl. The average Bonchev–Trinajstić information content (AvgIpc) is 2.26. The molecule has 1 N–H and O–H groups in total. The molecular weight excluding hydrogens is 265 g/mol. The van der Waals surface area contributed by atoms with Gasteiger partial charge in [-0.3, -0.25) is 4.79 Å².